The Morgan fingerprint density at radius 3 is 1.95 bits per heavy atom. The van der Waals surface area contributed by atoms with E-state index in [2.05, 4.69) is 52.7 Å². The summed E-state index contributed by atoms with van der Waals surface area (Å²) in [5, 5.41) is 4.21. The van der Waals surface area contributed by atoms with Crippen molar-refractivity contribution < 1.29 is 0 Å². The summed E-state index contributed by atoms with van der Waals surface area (Å²) in [7, 11) is 0. The minimum absolute atomic E-state index is 0. The molecule has 3 rings (SSSR count). The summed E-state index contributed by atoms with van der Waals surface area (Å²) in [4.78, 5) is 2.54. The number of hydrogen-bond donors (Lipinski definition) is 1. The van der Waals surface area contributed by atoms with Gasteiger partial charge in [-0.15, -0.1) is 24.8 Å². The highest BCUT2D eigenvalue weighted by molar-refractivity contribution is 6.30. The van der Waals surface area contributed by atoms with Gasteiger partial charge in [-0.05, 0) is 23.3 Å². The van der Waals surface area contributed by atoms with Gasteiger partial charge >= 0.3 is 0 Å². The van der Waals surface area contributed by atoms with E-state index in [0.717, 1.165) is 31.2 Å². The van der Waals surface area contributed by atoms with Crippen LogP contribution in [0.5, 0.6) is 0 Å². The minimum atomic E-state index is 0. The van der Waals surface area contributed by atoms with Crippen molar-refractivity contribution in [2.24, 2.45) is 0 Å². The van der Waals surface area contributed by atoms with Crippen molar-refractivity contribution >= 4 is 36.4 Å². The predicted octanol–water partition coefficient (Wildman–Crippen LogP) is 4.18. The molecule has 0 spiro atoms. The van der Waals surface area contributed by atoms with Crippen LogP contribution in [0.3, 0.4) is 0 Å². The van der Waals surface area contributed by atoms with Crippen LogP contribution in [-0.2, 0) is 0 Å². The molecule has 2 aromatic rings. The van der Waals surface area contributed by atoms with E-state index in [1.807, 2.05) is 12.1 Å². The minimum Gasteiger partial charge on any atom is -0.314 e. The smallest absolute Gasteiger partial charge is 0.0602 e. The number of nitrogens with one attached hydrogen (secondary N) is 1. The summed E-state index contributed by atoms with van der Waals surface area (Å²) in [6.07, 6.45) is 0. The summed E-state index contributed by atoms with van der Waals surface area (Å²) in [6.45, 7) is 4.25. The van der Waals surface area contributed by atoms with E-state index in [1.54, 1.807) is 0 Å². The molecule has 1 saturated heterocycles. The zero-order valence-electron chi connectivity index (χ0n) is 12.2. The first kappa shape index (κ1) is 19.3. The van der Waals surface area contributed by atoms with Gasteiger partial charge < -0.3 is 5.32 Å². The van der Waals surface area contributed by atoms with Crippen LogP contribution in [0.1, 0.15) is 17.2 Å². The third-order valence-electron chi connectivity index (χ3n) is 3.82. The zero-order valence-corrected chi connectivity index (χ0v) is 14.6. The van der Waals surface area contributed by atoms with Crippen molar-refractivity contribution in [2.45, 2.75) is 6.04 Å². The molecule has 120 valence electrons. The molecule has 1 heterocycles. The quantitative estimate of drug-likeness (QED) is 0.884. The van der Waals surface area contributed by atoms with Crippen LogP contribution < -0.4 is 5.32 Å². The number of nitrogens with zero attached hydrogens (tertiary/aromatic N) is 1. The number of hydrogen-bond acceptors (Lipinski definition) is 2. The van der Waals surface area contributed by atoms with Gasteiger partial charge in [0.05, 0.1) is 6.04 Å². The second-order valence-corrected chi connectivity index (χ2v) is 5.59. The molecule has 0 bridgehead atoms. The Balaban J connectivity index is 0.00000121. The highest BCUT2D eigenvalue weighted by Gasteiger charge is 2.23. The van der Waals surface area contributed by atoms with Crippen LogP contribution in [0.2, 0.25) is 5.02 Å². The Kier molecular flexibility index (Phi) is 8.23. The molecule has 5 heteroatoms. The van der Waals surface area contributed by atoms with Gasteiger partial charge in [0.1, 0.15) is 0 Å². The second-order valence-electron chi connectivity index (χ2n) is 5.15. The average Bonchev–Trinajstić information content (AvgIpc) is 2.52. The Morgan fingerprint density at radius 1 is 0.818 bits per heavy atom. The molecule has 1 aliphatic heterocycles. The maximum absolute atomic E-state index is 6.02. The molecule has 0 radical (unpaired) electrons. The van der Waals surface area contributed by atoms with E-state index in [1.165, 1.54) is 11.1 Å². The standard InChI is InChI=1S/C17H19ClN2.2ClH/c18-16-8-6-15(7-9-16)17(14-4-2-1-3-5-14)20-12-10-19-11-13-20;;/h1-9,17,19H,10-13H2;2*1H/t17-;;/m1../s1. The van der Waals surface area contributed by atoms with E-state index in [0.29, 0.717) is 6.04 Å². The highest BCUT2D eigenvalue weighted by Crippen LogP contribution is 2.29. The lowest BCUT2D eigenvalue weighted by atomic mass is 9.96. The third kappa shape index (κ3) is 4.61. The lowest BCUT2D eigenvalue weighted by molar-refractivity contribution is 0.198. The molecular formula is C17H21Cl3N2. The van der Waals surface area contributed by atoms with E-state index >= 15 is 0 Å². The molecule has 0 aromatic heterocycles. The normalized spacial score (nSPS) is 16.2. The topological polar surface area (TPSA) is 15.3 Å². The maximum atomic E-state index is 6.02. The molecule has 2 aromatic carbocycles. The molecule has 0 saturated carbocycles. The van der Waals surface area contributed by atoms with Gasteiger partial charge in [-0.1, -0.05) is 54.1 Å². The molecule has 0 aliphatic carbocycles. The van der Waals surface area contributed by atoms with Gasteiger partial charge in [0, 0.05) is 31.2 Å². The molecule has 22 heavy (non-hydrogen) atoms. The fourth-order valence-corrected chi connectivity index (χ4v) is 2.96. The molecule has 0 unspecified atom stereocenters. The molecule has 2 nitrogen and oxygen atoms in total. The van der Waals surface area contributed by atoms with Gasteiger partial charge in [0.25, 0.3) is 0 Å². The van der Waals surface area contributed by atoms with Crippen molar-refractivity contribution in [3.63, 3.8) is 0 Å². The summed E-state index contributed by atoms with van der Waals surface area (Å²) in [5.41, 5.74) is 2.65. The van der Waals surface area contributed by atoms with Crippen LogP contribution in [0.4, 0.5) is 0 Å². The monoisotopic (exact) mass is 358 g/mol. The Hall–Kier alpha value is -0.770. The van der Waals surface area contributed by atoms with Gasteiger partial charge in [-0.25, -0.2) is 0 Å². The zero-order chi connectivity index (χ0) is 13.8. The summed E-state index contributed by atoms with van der Waals surface area (Å²) >= 11 is 6.02. The van der Waals surface area contributed by atoms with Crippen LogP contribution in [-0.4, -0.2) is 31.1 Å². The number of piperazine rings is 1. The summed E-state index contributed by atoms with van der Waals surface area (Å²) in [6, 6.07) is 19.3. The summed E-state index contributed by atoms with van der Waals surface area (Å²) < 4.78 is 0. The van der Waals surface area contributed by atoms with Gasteiger partial charge in [0.2, 0.25) is 0 Å². The fraction of sp³-hybridized carbons (Fsp3) is 0.294. The van der Waals surface area contributed by atoms with Crippen molar-refractivity contribution in [3.05, 3.63) is 70.7 Å². The van der Waals surface area contributed by atoms with Gasteiger partial charge in [-0.2, -0.15) is 0 Å². The van der Waals surface area contributed by atoms with E-state index in [-0.39, 0.29) is 24.8 Å². The lowest BCUT2D eigenvalue weighted by Crippen LogP contribution is -2.45. The van der Waals surface area contributed by atoms with Crippen molar-refractivity contribution in [2.75, 3.05) is 26.2 Å². The highest BCUT2D eigenvalue weighted by atomic mass is 35.5. The van der Waals surface area contributed by atoms with Gasteiger partial charge in [0.15, 0.2) is 0 Å². The fourth-order valence-electron chi connectivity index (χ4n) is 2.83. The second kappa shape index (κ2) is 9.39. The summed E-state index contributed by atoms with van der Waals surface area (Å²) in [5.74, 6) is 0. The van der Waals surface area contributed by atoms with Crippen LogP contribution in [0.15, 0.2) is 54.6 Å². The Labute approximate surface area is 149 Å². The van der Waals surface area contributed by atoms with Crippen LogP contribution in [0.25, 0.3) is 0 Å². The third-order valence-corrected chi connectivity index (χ3v) is 4.07. The number of rotatable bonds is 3. The lowest BCUT2D eigenvalue weighted by Gasteiger charge is -2.35. The largest absolute Gasteiger partial charge is 0.314 e. The first-order chi connectivity index (χ1) is 9.84. The van der Waals surface area contributed by atoms with Crippen molar-refractivity contribution in [1.82, 2.24) is 10.2 Å². The number of benzene rings is 2. The SMILES string of the molecule is Cl.Cl.Clc1ccc([C@@H](c2ccccc2)N2CCNCC2)cc1. The molecule has 1 fully saturated rings. The molecule has 1 atom stereocenters. The molecule has 1 N–H and O–H groups in total. The van der Waals surface area contributed by atoms with Crippen LogP contribution in [0, 0.1) is 0 Å². The Bertz CT molecular complexity index is 540. The molecule has 0 amide bonds. The van der Waals surface area contributed by atoms with Gasteiger partial charge in [-0.3, -0.25) is 4.90 Å². The predicted molar refractivity (Wildman–Crippen MR) is 98.7 cm³/mol. The number of halogens is 3. The van der Waals surface area contributed by atoms with Crippen LogP contribution >= 0.6 is 36.4 Å². The first-order valence-corrected chi connectivity index (χ1v) is 7.47. The first-order valence-electron chi connectivity index (χ1n) is 7.10. The van der Waals surface area contributed by atoms with E-state index in [9.17, 15) is 0 Å². The molecular weight excluding hydrogens is 339 g/mol. The van der Waals surface area contributed by atoms with Crippen molar-refractivity contribution in [3.8, 4) is 0 Å². The van der Waals surface area contributed by atoms with Crippen molar-refractivity contribution in [1.29, 1.82) is 0 Å². The Morgan fingerprint density at radius 2 is 1.36 bits per heavy atom. The average molecular weight is 360 g/mol. The van der Waals surface area contributed by atoms with E-state index < -0.39 is 0 Å². The molecule has 1 aliphatic rings. The van der Waals surface area contributed by atoms with E-state index in [4.69, 9.17) is 11.6 Å². The maximum Gasteiger partial charge on any atom is 0.0602 e.